The Labute approximate surface area is 88.5 Å². The molecule has 1 aliphatic carbocycles. The Morgan fingerprint density at radius 1 is 1.07 bits per heavy atom. The van der Waals surface area contributed by atoms with Crippen LogP contribution in [0, 0.1) is 0 Å². The largest absolute Gasteiger partial charge is 0.272 e. The van der Waals surface area contributed by atoms with Gasteiger partial charge in [-0.2, -0.15) is 10.2 Å². The van der Waals surface area contributed by atoms with E-state index in [0.29, 0.717) is 0 Å². The van der Waals surface area contributed by atoms with Crippen LogP contribution in [0.15, 0.2) is 12.4 Å². The van der Waals surface area contributed by atoms with E-state index in [1.807, 2.05) is 35.9 Å². The van der Waals surface area contributed by atoms with Gasteiger partial charge >= 0.3 is 0 Å². The summed E-state index contributed by atoms with van der Waals surface area (Å²) in [5.74, 6) is 0. The maximum atomic E-state index is 4.34. The Bertz CT molecular complexity index is 507. The fraction of sp³-hybridized carbons (Fsp3) is 0.455. The molecule has 0 N–H and O–H groups in total. The lowest BCUT2D eigenvalue weighted by molar-refractivity contribution is 0.686. The minimum absolute atomic E-state index is 1.11. The lowest BCUT2D eigenvalue weighted by Crippen LogP contribution is -1.99. The first-order chi connectivity index (χ1) is 7.27. The third kappa shape index (κ3) is 1.14. The van der Waals surface area contributed by atoms with Crippen LogP contribution in [0.25, 0.3) is 11.3 Å². The Morgan fingerprint density at radius 2 is 1.87 bits per heavy atom. The molecule has 3 rings (SSSR count). The summed E-state index contributed by atoms with van der Waals surface area (Å²) < 4.78 is 3.94. The van der Waals surface area contributed by atoms with Crippen molar-refractivity contribution in [1.29, 1.82) is 0 Å². The van der Waals surface area contributed by atoms with Gasteiger partial charge in [-0.1, -0.05) is 0 Å². The summed E-state index contributed by atoms with van der Waals surface area (Å²) in [5.41, 5.74) is 5.18. The van der Waals surface area contributed by atoms with Crippen LogP contribution < -0.4 is 0 Å². The molecule has 78 valence electrons. The smallest absolute Gasteiger partial charge is 0.0745 e. The number of rotatable bonds is 0. The van der Waals surface area contributed by atoms with Crippen molar-refractivity contribution in [3.05, 3.63) is 23.7 Å². The van der Waals surface area contributed by atoms with Gasteiger partial charge in [-0.15, -0.1) is 0 Å². The highest BCUT2D eigenvalue weighted by atomic mass is 15.3. The molecular formula is C11H14N4. The highest BCUT2D eigenvalue weighted by Crippen LogP contribution is 2.31. The number of aromatic nitrogens is 4. The third-order valence-electron chi connectivity index (χ3n) is 3.19. The van der Waals surface area contributed by atoms with E-state index in [1.165, 1.54) is 28.9 Å². The predicted molar refractivity (Wildman–Crippen MR) is 57.4 cm³/mol. The van der Waals surface area contributed by atoms with Gasteiger partial charge < -0.3 is 0 Å². The summed E-state index contributed by atoms with van der Waals surface area (Å²) in [6.07, 6.45) is 7.36. The van der Waals surface area contributed by atoms with Crippen molar-refractivity contribution in [2.45, 2.75) is 19.3 Å². The Kier molecular flexibility index (Phi) is 1.71. The summed E-state index contributed by atoms with van der Waals surface area (Å²) in [5, 5.41) is 8.66. The third-order valence-corrected chi connectivity index (χ3v) is 3.19. The van der Waals surface area contributed by atoms with Gasteiger partial charge in [-0.3, -0.25) is 9.36 Å². The maximum absolute atomic E-state index is 4.34. The topological polar surface area (TPSA) is 35.6 Å². The average Bonchev–Trinajstić information content (AvgIpc) is 2.68. The average molecular weight is 202 g/mol. The van der Waals surface area contributed by atoms with Crippen molar-refractivity contribution in [1.82, 2.24) is 19.6 Å². The van der Waals surface area contributed by atoms with Gasteiger partial charge in [0.05, 0.1) is 18.1 Å². The lowest BCUT2D eigenvalue weighted by atomic mass is 10.1. The van der Waals surface area contributed by atoms with Gasteiger partial charge in [0.25, 0.3) is 0 Å². The summed E-state index contributed by atoms with van der Waals surface area (Å²) in [4.78, 5) is 0. The molecule has 0 bridgehead atoms. The van der Waals surface area contributed by atoms with E-state index in [1.54, 1.807) is 0 Å². The second kappa shape index (κ2) is 2.95. The minimum atomic E-state index is 1.11. The second-order valence-corrected chi connectivity index (χ2v) is 4.12. The zero-order chi connectivity index (χ0) is 10.4. The fourth-order valence-corrected chi connectivity index (χ4v) is 2.42. The standard InChI is InChI=1S/C11H14N4/c1-14-10-5-3-4-8-6-12-15(2)11(8)9(10)7-13-14/h6-7H,3-5H2,1-2H3. The highest BCUT2D eigenvalue weighted by molar-refractivity contribution is 5.66. The molecular weight excluding hydrogens is 188 g/mol. The Morgan fingerprint density at radius 3 is 2.73 bits per heavy atom. The van der Waals surface area contributed by atoms with Gasteiger partial charge in [0.1, 0.15) is 0 Å². The first-order valence-corrected chi connectivity index (χ1v) is 5.29. The number of nitrogens with zero attached hydrogens (tertiary/aromatic N) is 4. The van der Waals surface area contributed by atoms with Crippen molar-refractivity contribution in [2.75, 3.05) is 0 Å². The van der Waals surface area contributed by atoms with E-state index in [-0.39, 0.29) is 0 Å². The first-order valence-electron chi connectivity index (χ1n) is 5.29. The molecule has 0 saturated carbocycles. The van der Waals surface area contributed by atoms with Crippen LogP contribution >= 0.6 is 0 Å². The number of hydrogen-bond donors (Lipinski definition) is 0. The number of fused-ring (bicyclic) bond motifs is 3. The normalized spacial score (nSPS) is 14.5. The summed E-state index contributed by atoms with van der Waals surface area (Å²) in [7, 11) is 4.02. The fourth-order valence-electron chi connectivity index (χ4n) is 2.42. The van der Waals surface area contributed by atoms with Crippen LogP contribution in [0.2, 0.25) is 0 Å². The molecule has 2 heterocycles. The summed E-state index contributed by atoms with van der Waals surface area (Å²) in [6, 6.07) is 0. The lowest BCUT2D eigenvalue weighted by Gasteiger charge is -2.03. The molecule has 0 unspecified atom stereocenters. The van der Waals surface area contributed by atoms with E-state index < -0.39 is 0 Å². The molecule has 1 aliphatic rings. The van der Waals surface area contributed by atoms with E-state index in [0.717, 1.165) is 12.8 Å². The molecule has 0 fully saturated rings. The van der Waals surface area contributed by atoms with Gasteiger partial charge in [0, 0.05) is 25.4 Å². The molecule has 0 amide bonds. The molecule has 0 saturated heterocycles. The molecule has 0 spiro atoms. The molecule has 2 aromatic heterocycles. The van der Waals surface area contributed by atoms with Crippen LogP contribution in [-0.2, 0) is 26.9 Å². The van der Waals surface area contributed by atoms with E-state index >= 15 is 0 Å². The quantitative estimate of drug-likeness (QED) is 0.645. The minimum Gasteiger partial charge on any atom is -0.272 e. The van der Waals surface area contributed by atoms with Gasteiger partial charge in [0.2, 0.25) is 0 Å². The zero-order valence-corrected chi connectivity index (χ0v) is 9.06. The van der Waals surface area contributed by atoms with Crippen molar-refractivity contribution in [2.24, 2.45) is 14.1 Å². The van der Waals surface area contributed by atoms with E-state index in [2.05, 4.69) is 10.2 Å². The van der Waals surface area contributed by atoms with E-state index in [9.17, 15) is 0 Å². The van der Waals surface area contributed by atoms with Crippen LogP contribution in [0.4, 0.5) is 0 Å². The van der Waals surface area contributed by atoms with Crippen molar-refractivity contribution >= 4 is 0 Å². The maximum Gasteiger partial charge on any atom is 0.0745 e. The molecule has 4 heteroatoms. The monoisotopic (exact) mass is 202 g/mol. The summed E-state index contributed by atoms with van der Waals surface area (Å²) >= 11 is 0. The van der Waals surface area contributed by atoms with Crippen LogP contribution in [0.1, 0.15) is 17.7 Å². The molecule has 0 aliphatic heterocycles. The molecule has 0 radical (unpaired) electrons. The van der Waals surface area contributed by atoms with Crippen LogP contribution in [-0.4, -0.2) is 19.6 Å². The number of aryl methyl sites for hydroxylation is 3. The Hall–Kier alpha value is -1.58. The van der Waals surface area contributed by atoms with Crippen molar-refractivity contribution < 1.29 is 0 Å². The highest BCUT2D eigenvalue weighted by Gasteiger charge is 2.20. The first kappa shape index (κ1) is 8.71. The SMILES string of the molecule is Cn1ncc2c1CCCc1cnn(C)c1-2. The van der Waals surface area contributed by atoms with Crippen LogP contribution in [0.3, 0.4) is 0 Å². The van der Waals surface area contributed by atoms with Gasteiger partial charge in [-0.25, -0.2) is 0 Å². The van der Waals surface area contributed by atoms with Gasteiger partial charge in [0.15, 0.2) is 0 Å². The summed E-state index contributed by atoms with van der Waals surface area (Å²) in [6.45, 7) is 0. The zero-order valence-electron chi connectivity index (χ0n) is 9.06. The van der Waals surface area contributed by atoms with Crippen molar-refractivity contribution in [3.63, 3.8) is 0 Å². The van der Waals surface area contributed by atoms with Crippen LogP contribution in [0.5, 0.6) is 0 Å². The molecule has 15 heavy (non-hydrogen) atoms. The number of hydrogen-bond acceptors (Lipinski definition) is 2. The Balaban J connectivity index is 2.30. The second-order valence-electron chi connectivity index (χ2n) is 4.12. The predicted octanol–water partition coefficient (Wildman–Crippen LogP) is 1.31. The van der Waals surface area contributed by atoms with E-state index in [4.69, 9.17) is 0 Å². The molecule has 2 aromatic rings. The van der Waals surface area contributed by atoms with Gasteiger partial charge in [-0.05, 0) is 24.8 Å². The molecule has 0 aromatic carbocycles. The van der Waals surface area contributed by atoms with Crippen molar-refractivity contribution in [3.8, 4) is 11.3 Å². The molecule has 4 nitrogen and oxygen atoms in total. The molecule has 0 atom stereocenters.